The minimum atomic E-state index is -0.566. The van der Waals surface area contributed by atoms with Crippen LogP contribution in [-0.4, -0.2) is 34.8 Å². The molecule has 1 atom stereocenters. The summed E-state index contributed by atoms with van der Waals surface area (Å²) in [6, 6.07) is 10.9. The van der Waals surface area contributed by atoms with E-state index >= 15 is 0 Å². The molecule has 0 saturated carbocycles. The topological polar surface area (TPSA) is 62.3 Å². The molecule has 0 saturated heterocycles. The Hall–Kier alpha value is -2.25. The number of carbonyl (C=O) groups is 2. The third-order valence-corrected chi connectivity index (χ3v) is 5.94. The third kappa shape index (κ3) is 4.11. The summed E-state index contributed by atoms with van der Waals surface area (Å²) in [6.07, 6.45) is 0. The maximum atomic E-state index is 12.9. The lowest BCUT2D eigenvalue weighted by Crippen LogP contribution is -2.49. The number of carbonyl (C=O) groups excluding carboxylic acids is 2. The molecule has 1 aromatic carbocycles. The fourth-order valence-corrected chi connectivity index (χ4v) is 4.29. The van der Waals surface area contributed by atoms with Gasteiger partial charge in [-0.25, -0.2) is 4.98 Å². The number of thiazole rings is 1. The van der Waals surface area contributed by atoms with Gasteiger partial charge in [0.25, 0.3) is 5.91 Å². The van der Waals surface area contributed by atoms with Gasteiger partial charge < -0.3 is 10.2 Å². The Balaban J connectivity index is 1.70. The van der Waals surface area contributed by atoms with Gasteiger partial charge in [0.05, 0.1) is 21.6 Å². The summed E-state index contributed by atoms with van der Waals surface area (Å²) in [6.45, 7) is 4.29. The summed E-state index contributed by atoms with van der Waals surface area (Å²) in [4.78, 5) is 32.1. The number of nitrogens with zero attached hydrogens (tertiary/aromatic N) is 2. The zero-order valence-electron chi connectivity index (χ0n) is 14.9. The van der Waals surface area contributed by atoms with Gasteiger partial charge >= 0.3 is 0 Å². The van der Waals surface area contributed by atoms with E-state index in [2.05, 4.69) is 10.3 Å². The third-order valence-electron chi connectivity index (χ3n) is 4.05. The number of hydrogen-bond acceptors (Lipinski definition) is 5. The highest BCUT2D eigenvalue weighted by Gasteiger charge is 2.28. The van der Waals surface area contributed by atoms with E-state index in [0.29, 0.717) is 11.4 Å². The van der Waals surface area contributed by atoms with Crippen molar-refractivity contribution in [1.29, 1.82) is 0 Å². The summed E-state index contributed by atoms with van der Waals surface area (Å²) >= 11 is 2.95. The molecule has 0 spiro atoms. The molecule has 2 heterocycles. The van der Waals surface area contributed by atoms with E-state index in [0.717, 1.165) is 15.2 Å². The second kappa shape index (κ2) is 7.97. The predicted octanol–water partition coefficient (Wildman–Crippen LogP) is 3.77. The van der Waals surface area contributed by atoms with Gasteiger partial charge in [-0.05, 0) is 29.5 Å². The van der Waals surface area contributed by atoms with E-state index < -0.39 is 6.04 Å². The summed E-state index contributed by atoms with van der Waals surface area (Å²) in [5.41, 5.74) is 0.944. The van der Waals surface area contributed by atoms with Crippen molar-refractivity contribution >= 4 is 44.7 Å². The minimum absolute atomic E-state index is 0.00997. The highest BCUT2D eigenvalue weighted by Crippen LogP contribution is 2.22. The van der Waals surface area contributed by atoms with E-state index in [-0.39, 0.29) is 17.7 Å². The summed E-state index contributed by atoms with van der Waals surface area (Å²) in [5.74, 6) is -0.325. The van der Waals surface area contributed by atoms with Gasteiger partial charge in [-0.2, -0.15) is 0 Å². The van der Waals surface area contributed by atoms with Crippen LogP contribution in [0.4, 0.5) is 0 Å². The van der Waals surface area contributed by atoms with Crippen LogP contribution in [0.2, 0.25) is 0 Å². The van der Waals surface area contributed by atoms with Crippen LogP contribution in [0.3, 0.4) is 0 Å². The van der Waals surface area contributed by atoms with Crippen molar-refractivity contribution in [2.24, 2.45) is 5.92 Å². The zero-order valence-corrected chi connectivity index (χ0v) is 16.6. The first-order valence-electron chi connectivity index (χ1n) is 8.39. The van der Waals surface area contributed by atoms with E-state index in [1.165, 1.54) is 11.3 Å². The summed E-state index contributed by atoms with van der Waals surface area (Å²) in [7, 11) is 1.75. The predicted molar refractivity (Wildman–Crippen MR) is 107 cm³/mol. The Morgan fingerprint density at radius 1 is 1.19 bits per heavy atom. The largest absolute Gasteiger partial charge is 0.339 e. The Labute approximate surface area is 160 Å². The first-order chi connectivity index (χ1) is 12.5. The Morgan fingerprint density at radius 3 is 2.62 bits per heavy atom. The molecule has 0 fully saturated rings. The normalized spacial score (nSPS) is 12.3. The van der Waals surface area contributed by atoms with E-state index in [9.17, 15) is 9.59 Å². The van der Waals surface area contributed by atoms with Crippen molar-refractivity contribution in [2.75, 3.05) is 7.05 Å². The number of hydrogen-bond donors (Lipinski definition) is 1. The molecule has 2 amide bonds. The maximum absolute atomic E-state index is 12.9. The lowest BCUT2D eigenvalue weighted by molar-refractivity contribution is -0.133. The lowest BCUT2D eigenvalue weighted by atomic mass is 10.0. The highest BCUT2D eigenvalue weighted by molar-refractivity contribution is 7.18. The molecule has 1 unspecified atom stereocenters. The minimum Gasteiger partial charge on any atom is -0.339 e. The van der Waals surface area contributed by atoms with Crippen molar-refractivity contribution in [3.8, 4) is 0 Å². The highest BCUT2D eigenvalue weighted by atomic mass is 32.1. The fraction of sp³-hybridized carbons (Fsp3) is 0.316. The number of likely N-dealkylation sites (N-methyl/N-ethyl adjacent to an activating group) is 1. The molecule has 0 bridgehead atoms. The first kappa shape index (κ1) is 18.5. The molecule has 2 aromatic heterocycles. The first-order valence-corrected chi connectivity index (χ1v) is 10.1. The fourth-order valence-electron chi connectivity index (χ4n) is 2.64. The number of aromatic nitrogens is 1. The Kier molecular flexibility index (Phi) is 5.68. The molecule has 0 radical (unpaired) electrons. The number of amides is 2. The van der Waals surface area contributed by atoms with Gasteiger partial charge in [-0.3, -0.25) is 9.59 Å². The molecule has 7 heteroatoms. The molecule has 3 aromatic rings. The number of rotatable bonds is 6. The van der Waals surface area contributed by atoms with Gasteiger partial charge in [0.2, 0.25) is 5.91 Å². The zero-order chi connectivity index (χ0) is 18.7. The van der Waals surface area contributed by atoms with E-state index in [1.807, 2.05) is 49.6 Å². The van der Waals surface area contributed by atoms with Gasteiger partial charge in [-0.1, -0.05) is 32.0 Å². The van der Waals surface area contributed by atoms with Gasteiger partial charge in [0.15, 0.2) is 0 Å². The van der Waals surface area contributed by atoms with Crippen LogP contribution < -0.4 is 5.32 Å². The van der Waals surface area contributed by atoms with Crippen LogP contribution in [0.15, 0.2) is 41.8 Å². The molecule has 0 aliphatic carbocycles. The molecule has 1 N–H and O–H groups in total. The number of benzene rings is 1. The number of para-hydroxylation sites is 1. The molecule has 136 valence electrons. The summed E-state index contributed by atoms with van der Waals surface area (Å²) in [5, 5.41) is 5.61. The van der Waals surface area contributed by atoms with Crippen molar-refractivity contribution in [3.63, 3.8) is 0 Å². The summed E-state index contributed by atoms with van der Waals surface area (Å²) < 4.78 is 1.11. The lowest BCUT2D eigenvalue weighted by Gasteiger charge is -2.26. The standard InChI is InChI=1S/C19H21N3O2S2/c1-12(2)17(21-18(23)15-9-6-10-25-15)19(24)22(3)11-16-20-13-7-4-5-8-14(13)26-16/h4-10,12,17H,11H2,1-3H3,(H,21,23). The van der Waals surface area contributed by atoms with Crippen LogP contribution in [0.25, 0.3) is 10.2 Å². The number of thiophene rings is 1. The van der Waals surface area contributed by atoms with Crippen LogP contribution in [-0.2, 0) is 11.3 Å². The Morgan fingerprint density at radius 2 is 1.96 bits per heavy atom. The van der Waals surface area contributed by atoms with E-state index in [1.54, 1.807) is 29.4 Å². The van der Waals surface area contributed by atoms with Gasteiger partial charge in [-0.15, -0.1) is 22.7 Å². The second-order valence-corrected chi connectivity index (χ2v) is 8.50. The van der Waals surface area contributed by atoms with Crippen LogP contribution in [0, 0.1) is 5.92 Å². The second-order valence-electron chi connectivity index (χ2n) is 6.44. The molecule has 5 nitrogen and oxygen atoms in total. The molecular weight excluding hydrogens is 366 g/mol. The van der Waals surface area contributed by atoms with Gasteiger partial charge in [0, 0.05) is 7.05 Å². The number of fused-ring (bicyclic) bond motifs is 1. The molecule has 26 heavy (non-hydrogen) atoms. The SMILES string of the molecule is CC(C)C(NC(=O)c1cccs1)C(=O)N(C)Cc1nc2ccccc2s1. The molecule has 0 aliphatic heterocycles. The monoisotopic (exact) mass is 387 g/mol. The van der Waals surface area contributed by atoms with E-state index in [4.69, 9.17) is 0 Å². The molecule has 0 aliphatic rings. The smallest absolute Gasteiger partial charge is 0.262 e. The van der Waals surface area contributed by atoms with Crippen molar-refractivity contribution < 1.29 is 9.59 Å². The molecular formula is C19H21N3O2S2. The number of nitrogens with one attached hydrogen (secondary N) is 1. The average Bonchev–Trinajstić information content (AvgIpc) is 3.27. The quantitative estimate of drug-likeness (QED) is 0.700. The van der Waals surface area contributed by atoms with Crippen LogP contribution in [0.5, 0.6) is 0 Å². The Bertz CT molecular complexity index is 870. The van der Waals surface area contributed by atoms with Crippen molar-refractivity contribution in [2.45, 2.75) is 26.4 Å². The van der Waals surface area contributed by atoms with Crippen molar-refractivity contribution in [1.82, 2.24) is 15.2 Å². The molecule has 3 rings (SSSR count). The average molecular weight is 388 g/mol. The maximum Gasteiger partial charge on any atom is 0.262 e. The van der Waals surface area contributed by atoms with Crippen LogP contribution in [0.1, 0.15) is 28.5 Å². The van der Waals surface area contributed by atoms with Gasteiger partial charge in [0.1, 0.15) is 11.0 Å². The van der Waals surface area contributed by atoms with Crippen molar-refractivity contribution in [3.05, 3.63) is 51.7 Å². The van der Waals surface area contributed by atoms with Crippen LogP contribution >= 0.6 is 22.7 Å².